The zero-order valence-electron chi connectivity index (χ0n) is 10.4. The average Bonchev–Trinajstić information content (AvgIpc) is 2.42. The molecule has 0 aliphatic heterocycles. The van der Waals surface area contributed by atoms with Crippen molar-refractivity contribution in [1.82, 2.24) is 4.57 Å². The highest BCUT2D eigenvalue weighted by Crippen LogP contribution is 2.22. The van der Waals surface area contributed by atoms with Gasteiger partial charge < -0.3 is 9.67 Å². The highest BCUT2D eigenvalue weighted by molar-refractivity contribution is 5.81. The van der Waals surface area contributed by atoms with Crippen molar-refractivity contribution in [2.24, 2.45) is 7.05 Å². The molecule has 2 rings (SSSR count). The Morgan fingerprint density at radius 1 is 1.25 bits per heavy atom. The minimum absolute atomic E-state index is 0.645. The lowest BCUT2D eigenvalue weighted by Gasteiger charge is -2.17. The molecule has 0 spiro atoms. The van der Waals surface area contributed by atoms with Crippen LogP contribution < -0.4 is 0 Å². The summed E-state index contributed by atoms with van der Waals surface area (Å²) < 4.78 is 2.18. The van der Waals surface area contributed by atoms with Crippen LogP contribution in [-0.2, 0) is 13.5 Å². The highest BCUT2D eigenvalue weighted by Gasteiger charge is 2.14. The number of benzene rings is 1. The first-order valence-corrected chi connectivity index (χ1v) is 5.64. The van der Waals surface area contributed by atoms with E-state index >= 15 is 0 Å². The minimum Gasteiger partial charge on any atom is -0.390 e. The summed E-state index contributed by atoms with van der Waals surface area (Å²) in [4.78, 5) is 0. The van der Waals surface area contributed by atoms with Crippen molar-refractivity contribution in [3.05, 3.63) is 35.5 Å². The number of hydrogen-bond acceptors (Lipinski definition) is 1. The molecule has 16 heavy (non-hydrogen) atoms. The summed E-state index contributed by atoms with van der Waals surface area (Å²) >= 11 is 0. The zero-order chi connectivity index (χ0) is 11.9. The van der Waals surface area contributed by atoms with Gasteiger partial charge in [-0.25, -0.2) is 0 Å². The second-order valence-electron chi connectivity index (χ2n) is 5.23. The SMILES string of the molecule is Cc1cc2ccc(CC(C)(C)O)cc2n1C. The van der Waals surface area contributed by atoms with Crippen LogP contribution in [0.5, 0.6) is 0 Å². The molecule has 2 aromatic rings. The van der Waals surface area contributed by atoms with E-state index in [0.717, 1.165) is 0 Å². The van der Waals surface area contributed by atoms with Gasteiger partial charge in [-0.15, -0.1) is 0 Å². The van der Waals surface area contributed by atoms with Gasteiger partial charge in [0.05, 0.1) is 5.60 Å². The number of hydrogen-bond donors (Lipinski definition) is 1. The van der Waals surface area contributed by atoms with Crippen LogP contribution >= 0.6 is 0 Å². The molecule has 0 bridgehead atoms. The zero-order valence-corrected chi connectivity index (χ0v) is 10.4. The maximum Gasteiger partial charge on any atom is 0.0631 e. The second-order valence-corrected chi connectivity index (χ2v) is 5.23. The Balaban J connectivity index is 2.47. The Kier molecular flexibility index (Phi) is 2.55. The average molecular weight is 217 g/mol. The molecule has 86 valence electrons. The van der Waals surface area contributed by atoms with E-state index in [4.69, 9.17) is 0 Å². The van der Waals surface area contributed by atoms with E-state index in [1.165, 1.54) is 22.2 Å². The van der Waals surface area contributed by atoms with Crippen LogP contribution in [0.15, 0.2) is 24.3 Å². The van der Waals surface area contributed by atoms with Crippen molar-refractivity contribution in [2.75, 3.05) is 0 Å². The molecular weight excluding hydrogens is 198 g/mol. The summed E-state index contributed by atoms with van der Waals surface area (Å²) in [5.74, 6) is 0. The molecule has 2 nitrogen and oxygen atoms in total. The number of aromatic nitrogens is 1. The standard InChI is InChI=1S/C14H19NO/c1-10-7-12-6-5-11(9-14(2,3)16)8-13(12)15(10)4/h5-8,16H,9H2,1-4H3. The van der Waals surface area contributed by atoms with Crippen molar-refractivity contribution in [3.8, 4) is 0 Å². The lowest BCUT2D eigenvalue weighted by molar-refractivity contribution is 0.0810. The van der Waals surface area contributed by atoms with Crippen LogP contribution in [0.4, 0.5) is 0 Å². The van der Waals surface area contributed by atoms with E-state index < -0.39 is 5.60 Å². The normalized spacial score (nSPS) is 12.3. The molecule has 1 heterocycles. The molecule has 0 aliphatic carbocycles. The summed E-state index contributed by atoms with van der Waals surface area (Å²) in [7, 11) is 2.07. The topological polar surface area (TPSA) is 25.2 Å². The van der Waals surface area contributed by atoms with Gasteiger partial charge in [0.15, 0.2) is 0 Å². The third-order valence-electron chi connectivity index (χ3n) is 2.99. The van der Waals surface area contributed by atoms with Crippen LogP contribution in [0.2, 0.25) is 0 Å². The maximum atomic E-state index is 9.81. The van der Waals surface area contributed by atoms with Gasteiger partial charge in [0, 0.05) is 24.7 Å². The smallest absolute Gasteiger partial charge is 0.0631 e. The first-order chi connectivity index (χ1) is 7.37. The molecule has 0 amide bonds. The summed E-state index contributed by atoms with van der Waals surface area (Å²) in [5.41, 5.74) is 3.03. The van der Waals surface area contributed by atoms with Gasteiger partial charge in [-0.05, 0) is 43.9 Å². The third kappa shape index (κ3) is 2.12. The van der Waals surface area contributed by atoms with Crippen molar-refractivity contribution in [1.29, 1.82) is 0 Å². The van der Waals surface area contributed by atoms with Gasteiger partial charge in [0.25, 0.3) is 0 Å². The number of aliphatic hydroxyl groups is 1. The van der Waals surface area contributed by atoms with Crippen molar-refractivity contribution in [3.63, 3.8) is 0 Å². The lowest BCUT2D eigenvalue weighted by atomic mass is 9.98. The van der Waals surface area contributed by atoms with E-state index in [2.05, 4.69) is 42.8 Å². The number of rotatable bonds is 2. The Labute approximate surface area is 96.5 Å². The fourth-order valence-electron chi connectivity index (χ4n) is 2.12. The molecule has 1 N–H and O–H groups in total. The van der Waals surface area contributed by atoms with Gasteiger partial charge in [-0.2, -0.15) is 0 Å². The van der Waals surface area contributed by atoms with Crippen molar-refractivity contribution in [2.45, 2.75) is 32.8 Å². The summed E-state index contributed by atoms with van der Waals surface area (Å²) in [6, 6.07) is 8.58. The fourth-order valence-corrected chi connectivity index (χ4v) is 2.12. The molecule has 0 unspecified atom stereocenters. The molecule has 2 heteroatoms. The lowest BCUT2D eigenvalue weighted by Crippen LogP contribution is -2.21. The van der Waals surface area contributed by atoms with E-state index in [1.54, 1.807) is 0 Å². The Bertz CT molecular complexity index is 517. The molecular formula is C14H19NO. The first-order valence-electron chi connectivity index (χ1n) is 5.64. The highest BCUT2D eigenvalue weighted by atomic mass is 16.3. The van der Waals surface area contributed by atoms with Gasteiger partial charge in [-0.1, -0.05) is 12.1 Å². The van der Waals surface area contributed by atoms with Crippen LogP contribution in [0.1, 0.15) is 25.1 Å². The van der Waals surface area contributed by atoms with Gasteiger partial charge in [-0.3, -0.25) is 0 Å². The summed E-state index contributed by atoms with van der Waals surface area (Å²) in [6.45, 7) is 5.79. The number of aryl methyl sites for hydroxylation is 2. The molecule has 0 aliphatic rings. The molecule has 0 atom stereocenters. The Morgan fingerprint density at radius 2 is 1.94 bits per heavy atom. The van der Waals surface area contributed by atoms with Crippen LogP contribution in [0.25, 0.3) is 10.9 Å². The molecule has 0 radical (unpaired) electrons. The molecule has 1 aromatic carbocycles. The van der Waals surface area contributed by atoms with Gasteiger partial charge in [0.2, 0.25) is 0 Å². The van der Waals surface area contributed by atoms with E-state index in [9.17, 15) is 5.11 Å². The quantitative estimate of drug-likeness (QED) is 0.822. The molecule has 0 fully saturated rings. The second kappa shape index (κ2) is 3.63. The Morgan fingerprint density at radius 3 is 2.56 bits per heavy atom. The maximum absolute atomic E-state index is 9.81. The minimum atomic E-state index is -0.645. The van der Waals surface area contributed by atoms with E-state index in [0.29, 0.717) is 6.42 Å². The van der Waals surface area contributed by atoms with Crippen LogP contribution in [0.3, 0.4) is 0 Å². The number of fused-ring (bicyclic) bond motifs is 1. The van der Waals surface area contributed by atoms with Crippen molar-refractivity contribution >= 4 is 10.9 Å². The fraction of sp³-hybridized carbons (Fsp3) is 0.429. The van der Waals surface area contributed by atoms with E-state index in [-0.39, 0.29) is 0 Å². The third-order valence-corrected chi connectivity index (χ3v) is 2.99. The van der Waals surface area contributed by atoms with Crippen LogP contribution in [-0.4, -0.2) is 15.3 Å². The van der Waals surface area contributed by atoms with Crippen molar-refractivity contribution < 1.29 is 5.11 Å². The molecule has 0 saturated carbocycles. The molecule has 1 aromatic heterocycles. The predicted octanol–water partition coefficient (Wildman–Crippen LogP) is 2.80. The largest absolute Gasteiger partial charge is 0.390 e. The summed E-state index contributed by atoms with van der Waals surface area (Å²) in [5, 5.41) is 11.1. The first kappa shape index (κ1) is 11.2. The Hall–Kier alpha value is -1.28. The predicted molar refractivity (Wildman–Crippen MR) is 67.7 cm³/mol. The summed E-state index contributed by atoms with van der Waals surface area (Å²) in [6.07, 6.45) is 0.688. The van der Waals surface area contributed by atoms with Gasteiger partial charge >= 0.3 is 0 Å². The number of nitrogens with zero attached hydrogens (tertiary/aromatic N) is 1. The monoisotopic (exact) mass is 217 g/mol. The molecule has 0 saturated heterocycles. The van der Waals surface area contributed by atoms with E-state index in [1.807, 2.05) is 13.8 Å². The van der Waals surface area contributed by atoms with Crippen LogP contribution in [0, 0.1) is 6.92 Å². The van der Waals surface area contributed by atoms with Gasteiger partial charge in [0.1, 0.15) is 0 Å².